The number of nitrogens with zero attached hydrogens (tertiary/aromatic N) is 1. The Hall–Kier alpha value is -1.40. The van der Waals surface area contributed by atoms with Gasteiger partial charge in [-0.2, -0.15) is 0 Å². The van der Waals surface area contributed by atoms with Crippen molar-refractivity contribution in [2.75, 3.05) is 13.1 Å². The van der Waals surface area contributed by atoms with E-state index in [-0.39, 0.29) is 17.1 Å². The van der Waals surface area contributed by atoms with Gasteiger partial charge in [0.2, 0.25) is 0 Å². The van der Waals surface area contributed by atoms with Gasteiger partial charge in [-0.05, 0) is 58.1 Å². The van der Waals surface area contributed by atoms with Crippen molar-refractivity contribution in [1.29, 1.82) is 0 Å². The maximum Gasteiger partial charge on any atom is 0.494 e. The van der Waals surface area contributed by atoms with Gasteiger partial charge in [0.15, 0.2) is 0 Å². The molecule has 0 aliphatic carbocycles. The predicted octanol–water partition coefficient (Wildman–Crippen LogP) is 2.56. The molecule has 0 spiro atoms. The summed E-state index contributed by atoms with van der Waals surface area (Å²) in [6.45, 7) is 9.02. The van der Waals surface area contributed by atoms with Crippen LogP contribution in [0.3, 0.4) is 0 Å². The summed E-state index contributed by atoms with van der Waals surface area (Å²) in [6.07, 6.45) is 0.0787. The first-order valence-electron chi connectivity index (χ1n) is 8.58. The lowest BCUT2D eigenvalue weighted by Crippen LogP contribution is -2.41. The number of benzene rings is 1. The zero-order valence-electron chi connectivity index (χ0n) is 14.8. The van der Waals surface area contributed by atoms with Crippen molar-refractivity contribution < 1.29 is 18.5 Å². The first-order chi connectivity index (χ1) is 11.2. The molecule has 0 aromatic heterocycles. The highest BCUT2D eigenvalue weighted by Crippen LogP contribution is 2.36. The molecule has 2 aliphatic rings. The minimum atomic E-state index is -0.778. The summed E-state index contributed by atoms with van der Waals surface area (Å²) in [7, 11) is -0.429. The molecular weight excluding hydrogens is 308 g/mol. The molecule has 2 heterocycles. The third-order valence-electron chi connectivity index (χ3n) is 5.39. The van der Waals surface area contributed by atoms with Crippen LogP contribution in [0.4, 0.5) is 4.39 Å². The van der Waals surface area contributed by atoms with E-state index in [4.69, 9.17) is 9.31 Å². The first kappa shape index (κ1) is 17.4. The third kappa shape index (κ3) is 3.22. The molecule has 3 rings (SSSR count). The minimum absolute atomic E-state index is 0.0395. The second-order valence-corrected chi connectivity index (χ2v) is 7.68. The molecule has 0 radical (unpaired) electrons. The number of piperidine rings is 1. The van der Waals surface area contributed by atoms with E-state index in [1.165, 1.54) is 0 Å². The Morgan fingerprint density at radius 2 is 1.58 bits per heavy atom. The molecule has 0 saturated carbocycles. The van der Waals surface area contributed by atoms with Crippen molar-refractivity contribution in [3.05, 3.63) is 29.8 Å². The average molecular weight is 333 g/mol. The number of rotatable bonds is 2. The van der Waals surface area contributed by atoms with Gasteiger partial charge in [-0.25, -0.2) is 4.39 Å². The number of carbonyl (C=O) groups excluding carboxylic acids is 1. The highest BCUT2D eigenvalue weighted by Gasteiger charge is 2.51. The molecule has 0 N–H and O–H groups in total. The van der Waals surface area contributed by atoms with Gasteiger partial charge in [-0.15, -0.1) is 0 Å². The summed E-state index contributed by atoms with van der Waals surface area (Å²) in [5.74, 6) is -0.0395. The van der Waals surface area contributed by atoms with Crippen LogP contribution in [0.2, 0.25) is 0 Å². The zero-order valence-corrected chi connectivity index (χ0v) is 14.8. The second-order valence-electron chi connectivity index (χ2n) is 7.68. The first-order valence-corrected chi connectivity index (χ1v) is 8.58. The summed E-state index contributed by atoms with van der Waals surface area (Å²) in [5.41, 5.74) is 0.742. The summed E-state index contributed by atoms with van der Waals surface area (Å²) in [4.78, 5) is 14.2. The number of hydrogen-bond acceptors (Lipinski definition) is 3. The molecule has 2 aliphatic heterocycles. The molecule has 2 fully saturated rings. The molecular formula is C18H25BFNO3. The van der Waals surface area contributed by atoms with Crippen LogP contribution in [0.15, 0.2) is 24.3 Å². The maximum atomic E-state index is 13.2. The van der Waals surface area contributed by atoms with E-state index in [0.717, 1.165) is 5.46 Å². The van der Waals surface area contributed by atoms with Gasteiger partial charge < -0.3 is 14.2 Å². The quantitative estimate of drug-likeness (QED) is 0.781. The van der Waals surface area contributed by atoms with Crippen molar-refractivity contribution >= 4 is 18.5 Å². The van der Waals surface area contributed by atoms with E-state index in [2.05, 4.69) is 0 Å². The molecule has 1 aromatic carbocycles. The number of amides is 1. The minimum Gasteiger partial charge on any atom is -0.399 e. The van der Waals surface area contributed by atoms with Gasteiger partial charge in [0.1, 0.15) is 6.17 Å². The lowest BCUT2D eigenvalue weighted by molar-refractivity contribution is 0.00578. The van der Waals surface area contributed by atoms with Crippen molar-refractivity contribution in [1.82, 2.24) is 4.90 Å². The molecule has 0 atom stereocenters. The Balaban J connectivity index is 1.69. The monoisotopic (exact) mass is 333 g/mol. The lowest BCUT2D eigenvalue weighted by atomic mass is 9.79. The van der Waals surface area contributed by atoms with Crippen LogP contribution in [-0.2, 0) is 9.31 Å². The summed E-state index contributed by atoms with van der Waals surface area (Å²) in [6, 6.07) is 7.34. The number of carbonyl (C=O) groups is 1. The number of alkyl halides is 1. The number of hydrogen-bond donors (Lipinski definition) is 0. The molecule has 2 saturated heterocycles. The highest BCUT2D eigenvalue weighted by atomic mass is 19.1. The van der Waals surface area contributed by atoms with Crippen molar-refractivity contribution in [2.24, 2.45) is 0 Å². The van der Waals surface area contributed by atoms with E-state index >= 15 is 0 Å². The van der Waals surface area contributed by atoms with E-state index in [9.17, 15) is 9.18 Å². The normalized spacial score (nSPS) is 23.5. The number of halogens is 1. The Kier molecular flexibility index (Phi) is 4.47. The second kappa shape index (κ2) is 6.15. The average Bonchev–Trinajstić information content (AvgIpc) is 2.76. The lowest BCUT2D eigenvalue weighted by Gasteiger charge is -2.32. The molecule has 130 valence electrons. The van der Waals surface area contributed by atoms with Crippen LogP contribution in [-0.4, -0.2) is 48.4 Å². The summed E-state index contributed by atoms with van der Waals surface area (Å²) < 4.78 is 25.2. The Morgan fingerprint density at radius 3 is 2.08 bits per heavy atom. The molecule has 0 bridgehead atoms. The van der Waals surface area contributed by atoms with Gasteiger partial charge >= 0.3 is 7.12 Å². The fourth-order valence-corrected chi connectivity index (χ4v) is 3.00. The van der Waals surface area contributed by atoms with Crippen LogP contribution in [0.1, 0.15) is 50.9 Å². The standard InChI is InChI=1S/C18H25BFNO3/c1-17(2)18(3,4)24-19(23-17)14-7-5-13(6-8-14)16(22)21-11-9-15(20)10-12-21/h5-8,15H,9-12H2,1-4H3. The zero-order chi connectivity index (χ0) is 17.5. The molecule has 1 aromatic rings. The van der Waals surface area contributed by atoms with Crippen LogP contribution >= 0.6 is 0 Å². The molecule has 6 heteroatoms. The van der Waals surface area contributed by atoms with E-state index in [1.54, 1.807) is 17.0 Å². The smallest absolute Gasteiger partial charge is 0.399 e. The molecule has 1 amide bonds. The Bertz CT molecular complexity index is 593. The predicted molar refractivity (Wildman–Crippen MR) is 92.2 cm³/mol. The van der Waals surface area contributed by atoms with E-state index < -0.39 is 13.3 Å². The third-order valence-corrected chi connectivity index (χ3v) is 5.39. The molecule has 24 heavy (non-hydrogen) atoms. The largest absolute Gasteiger partial charge is 0.494 e. The SMILES string of the molecule is CC1(C)OB(c2ccc(C(=O)N3CCC(F)CC3)cc2)OC1(C)C. The van der Waals surface area contributed by atoms with Crippen LogP contribution in [0.25, 0.3) is 0 Å². The van der Waals surface area contributed by atoms with E-state index in [0.29, 0.717) is 31.5 Å². The fraction of sp³-hybridized carbons (Fsp3) is 0.611. The van der Waals surface area contributed by atoms with Gasteiger partial charge in [-0.3, -0.25) is 4.79 Å². The number of likely N-dealkylation sites (tertiary alicyclic amines) is 1. The maximum absolute atomic E-state index is 13.2. The van der Waals surface area contributed by atoms with Crippen LogP contribution < -0.4 is 5.46 Å². The van der Waals surface area contributed by atoms with E-state index in [1.807, 2.05) is 39.8 Å². The van der Waals surface area contributed by atoms with Crippen molar-refractivity contribution in [3.8, 4) is 0 Å². The van der Waals surface area contributed by atoms with Crippen LogP contribution in [0.5, 0.6) is 0 Å². The Morgan fingerprint density at radius 1 is 1.08 bits per heavy atom. The fourth-order valence-electron chi connectivity index (χ4n) is 3.00. The van der Waals surface area contributed by atoms with Gasteiger partial charge in [0.25, 0.3) is 5.91 Å². The topological polar surface area (TPSA) is 38.8 Å². The van der Waals surface area contributed by atoms with Crippen LogP contribution in [0, 0.1) is 0 Å². The van der Waals surface area contributed by atoms with Gasteiger partial charge in [0, 0.05) is 18.7 Å². The molecule has 4 nitrogen and oxygen atoms in total. The van der Waals surface area contributed by atoms with Crippen molar-refractivity contribution in [3.63, 3.8) is 0 Å². The Labute approximate surface area is 143 Å². The molecule has 0 unspecified atom stereocenters. The van der Waals surface area contributed by atoms with Crippen molar-refractivity contribution in [2.45, 2.75) is 57.9 Å². The summed E-state index contributed by atoms with van der Waals surface area (Å²) in [5, 5.41) is 0. The highest BCUT2D eigenvalue weighted by molar-refractivity contribution is 6.62. The summed E-state index contributed by atoms with van der Waals surface area (Å²) >= 11 is 0. The van der Waals surface area contributed by atoms with Gasteiger partial charge in [-0.1, -0.05) is 12.1 Å². The van der Waals surface area contributed by atoms with Gasteiger partial charge in [0.05, 0.1) is 11.2 Å².